The van der Waals surface area contributed by atoms with Crippen molar-refractivity contribution in [3.63, 3.8) is 0 Å². The van der Waals surface area contributed by atoms with E-state index in [-0.39, 0.29) is 6.92 Å². The number of carboxylic acids is 1. The van der Waals surface area contributed by atoms with E-state index in [0.29, 0.717) is 0 Å². The zero-order valence-electron chi connectivity index (χ0n) is 12.1. The van der Waals surface area contributed by atoms with E-state index >= 15 is 0 Å². The van der Waals surface area contributed by atoms with Crippen molar-refractivity contribution in [2.45, 2.75) is 48.9 Å². The standard InChI is InChI=1S/C11H7F13O2/c1-2-6(13,14)8(17,18)10(21,22)11(23,24)9(19,20)7(15,16)4(12)3-5(25)26/h3H,2H2,1H3,(H,25,26). The molecule has 0 fully saturated rings. The molecule has 0 heterocycles. The van der Waals surface area contributed by atoms with Gasteiger partial charge in [-0.2, -0.15) is 52.7 Å². The molecule has 1 N–H and O–H groups in total. The second-order valence-corrected chi connectivity index (χ2v) is 4.76. The quantitative estimate of drug-likeness (QED) is 0.438. The molecule has 0 saturated carbocycles. The van der Waals surface area contributed by atoms with Gasteiger partial charge in [0.2, 0.25) is 0 Å². The lowest BCUT2D eigenvalue weighted by Gasteiger charge is -2.40. The minimum absolute atomic E-state index is 0.0736. The number of carbonyl (C=O) groups is 1. The molecule has 0 unspecified atom stereocenters. The normalized spacial score (nSPS) is 16.0. The van der Waals surface area contributed by atoms with E-state index in [2.05, 4.69) is 0 Å². The van der Waals surface area contributed by atoms with Crippen molar-refractivity contribution >= 4 is 5.97 Å². The van der Waals surface area contributed by atoms with Crippen molar-refractivity contribution in [3.05, 3.63) is 11.9 Å². The Hall–Kier alpha value is -1.70. The number of hydrogen-bond donors (Lipinski definition) is 1. The molecule has 0 aliphatic carbocycles. The highest BCUT2D eigenvalue weighted by molar-refractivity contribution is 5.80. The summed E-state index contributed by atoms with van der Waals surface area (Å²) in [5.74, 6) is -50.5. The van der Waals surface area contributed by atoms with E-state index in [1.807, 2.05) is 0 Å². The minimum atomic E-state index is -7.94. The predicted molar refractivity (Wildman–Crippen MR) is 56.8 cm³/mol. The van der Waals surface area contributed by atoms with Crippen LogP contribution in [0.15, 0.2) is 11.9 Å². The molecule has 0 amide bonds. The van der Waals surface area contributed by atoms with Gasteiger partial charge in [-0.05, 0) is 0 Å². The second kappa shape index (κ2) is 6.48. The highest BCUT2D eigenvalue weighted by Gasteiger charge is 2.90. The van der Waals surface area contributed by atoms with Crippen LogP contribution in [0.3, 0.4) is 0 Å². The van der Waals surface area contributed by atoms with Crippen LogP contribution in [-0.2, 0) is 4.79 Å². The van der Waals surface area contributed by atoms with E-state index in [1.165, 1.54) is 0 Å². The number of alkyl halides is 12. The van der Waals surface area contributed by atoms with Gasteiger partial charge >= 0.3 is 41.5 Å². The summed E-state index contributed by atoms with van der Waals surface area (Å²) in [5.41, 5.74) is 0. The summed E-state index contributed by atoms with van der Waals surface area (Å²) in [6.45, 7) is 0.0736. The monoisotopic (exact) mass is 418 g/mol. The van der Waals surface area contributed by atoms with Gasteiger partial charge in [0.25, 0.3) is 0 Å². The van der Waals surface area contributed by atoms with Crippen LogP contribution in [0, 0.1) is 0 Å². The Morgan fingerprint density at radius 2 is 1.12 bits per heavy atom. The van der Waals surface area contributed by atoms with Crippen LogP contribution in [0.5, 0.6) is 0 Å². The van der Waals surface area contributed by atoms with Crippen molar-refractivity contribution in [2.24, 2.45) is 0 Å². The summed E-state index contributed by atoms with van der Waals surface area (Å²) in [6.07, 6.45) is -3.71. The Kier molecular flexibility index (Phi) is 6.05. The molecule has 15 heteroatoms. The lowest BCUT2D eigenvalue weighted by Crippen LogP contribution is -2.70. The molecule has 0 aromatic rings. The van der Waals surface area contributed by atoms with Gasteiger partial charge in [0.05, 0.1) is 6.08 Å². The molecule has 154 valence electrons. The number of aliphatic carboxylic acids is 1. The topological polar surface area (TPSA) is 37.3 Å². The lowest BCUT2D eigenvalue weighted by molar-refractivity contribution is -0.422. The molecule has 0 rings (SSSR count). The number of hydrogen-bond acceptors (Lipinski definition) is 1. The summed E-state index contributed by atoms with van der Waals surface area (Å²) in [4.78, 5) is 9.91. The smallest absolute Gasteiger partial charge is 0.385 e. The van der Waals surface area contributed by atoms with Crippen LogP contribution in [0.2, 0.25) is 0 Å². The number of halogens is 13. The molecule has 0 atom stereocenters. The average Bonchev–Trinajstić information content (AvgIpc) is 2.45. The molecule has 0 spiro atoms. The first kappa shape index (κ1) is 24.3. The van der Waals surface area contributed by atoms with Crippen LogP contribution >= 0.6 is 0 Å². The van der Waals surface area contributed by atoms with Crippen LogP contribution in [0.25, 0.3) is 0 Å². The van der Waals surface area contributed by atoms with E-state index in [9.17, 15) is 61.9 Å². The maximum Gasteiger partial charge on any atom is 0.385 e. The Labute approximate surface area is 135 Å². The highest BCUT2D eigenvalue weighted by atomic mass is 19.4. The second-order valence-electron chi connectivity index (χ2n) is 4.76. The third-order valence-electron chi connectivity index (χ3n) is 3.03. The number of allylic oxidation sites excluding steroid dienone is 1. The Bertz CT molecular complexity index is 579. The molecule has 2 nitrogen and oxygen atoms in total. The first-order chi connectivity index (χ1) is 11.1. The van der Waals surface area contributed by atoms with E-state index in [1.54, 1.807) is 0 Å². The third-order valence-corrected chi connectivity index (χ3v) is 3.03. The van der Waals surface area contributed by atoms with Gasteiger partial charge in [0, 0.05) is 6.42 Å². The first-order valence-corrected chi connectivity index (χ1v) is 6.02. The largest absolute Gasteiger partial charge is 0.478 e. The van der Waals surface area contributed by atoms with Gasteiger partial charge in [-0.15, -0.1) is 0 Å². The van der Waals surface area contributed by atoms with Gasteiger partial charge in [0.15, 0.2) is 5.83 Å². The fourth-order valence-electron chi connectivity index (χ4n) is 1.39. The zero-order chi connectivity index (χ0) is 21.6. The van der Waals surface area contributed by atoms with Gasteiger partial charge in [-0.25, -0.2) is 9.18 Å². The van der Waals surface area contributed by atoms with Crippen LogP contribution in [0.1, 0.15) is 13.3 Å². The van der Waals surface area contributed by atoms with E-state index in [4.69, 9.17) is 5.11 Å². The van der Waals surface area contributed by atoms with Crippen molar-refractivity contribution in [1.29, 1.82) is 0 Å². The number of rotatable bonds is 8. The van der Waals surface area contributed by atoms with Gasteiger partial charge in [-0.1, -0.05) is 6.92 Å². The molecule has 0 aliphatic rings. The summed E-state index contributed by atoms with van der Waals surface area (Å²) in [6, 6.07) is 0. The SMILES string of the molecule is CCC(F)(F)C(F)(F)C(F)(F)C(F)(F)C(F)(F)C(F)(F)C(F)=CC(=O)O. The summed E-state index contributed by atoms with van der Waals surface area (Å²) < 4.78 is 170. The van der Waals surface area contributed by atoms with Crippen molar-refractivity contribution in [3.8, 4) is 0 Å². The van der Waals surface area contributed by atoms with E-state index in [0.717, 1.165) is 0 Å². The Morgan fingerprint density at radius 3 is 1.42 bits per heavy atom. The van der Waals surface area contributed by atoms with Gasteiger partial charge in [-0.3, -0.25) is 0 Å². The molecular formula is C11H7F13O2. The van der Waals surface area contributed by atoms with Crippen molar-refractivity contribution in [2.75, 3.05) is 0 Å². The number of carboxylic acid groups (broad SMARTS) is 1. The minimum Gasteiger partial charge on any atom is -0.478 e. The molecule has 26 heavy (non-hydrogen) atoms. The molecular weight excluding hydrogens is 411 g/mol. The van der Waals surface area contributed by atoms with Crippen LogP contribution in [0.4, 0.5) is 57.1 Å². The van der Waals surface area contributed by atoms with E-state index < -0.39 is 59.8 Å². The summed E-state index contributed by atoms with van der Waals surface area (Å²) >= 11 is 0. The Balaban J connectivity index is 6.49. The van der Waals surface area contributed by atoms with Crippen molar-refractivity contribution < 1.29 is 67.0 Å². The lowest BCUT2D eigenvalue weighted by atomic mass is 9.90. The maximum atomic E-state index is 13.2. The average molecular weight is 418 g/mol. The van der Waals surface area contributed by atoms with Gasteiger partial charge in [0.1, 0.15) is 0 Å². The van der Waals surface area contributed by atoms with Crippen LogP contribution < -0.4 is 0 Å². The first-order valence-electron chi connectivity index (χ1n) is 6.02. The van der Waals surface area contributed by atoms with Crippen LogP contribution in [-0.4, -0.2) is 46.6 Å². The molecule has 0 aromatic heterocycles. The summed E-state index contributed by atoms with van der Waals surface area (Å²) in [5, 5.41) is 7.89. The highest BCUT2D eigenvalue weighted by Crippen LogP contribution is 2.61. The maximum absolute atomic E-state index is 13.2. The van der Waals surface area contributed by atoms with Crippen molar-refractivity contribution in [1.82, 2.24) is 0 Å². The fraction of sp³-hybridized carbons (Fsp3) is 0.727. The molecule has 0 aromatic carbocycles. The summed E-state index contributed by atoms with van der Waals surface area (Å²) in [7, 11) is 0. The fourth-order valence-corrected chi connectivity index (χ4v) is 1.39. The Morgan fingerprint density at radius 1 is 0.769 bits per heavy atom. The predicted octanol–water partition coefficient (Wildman–Crippen LogP) is 5.15. The molecule has 0 bridgehead atoms. The molecule has 0 aliphatic heterocycles. The molecule has 0 radical (unpaired) electrons. The third kappa shape index (κ3) is 3.19. The van der Waals surface area contributed by atoms with Gasteiger partial charge < -0.3 is 5.11 Å². The molecule has 0 saturated heterocycles. The zero-order valence-corrected chi connectivity index (χ0v) is 12.1.